The minimum Gasteiger partial charge on any atom is -0.276 e. The van der Waals surface area contributed by atoms with E-state index in [9.17, 15) is 4.79 Å². The van der Waals surface area contributed by atoms with Crippen molar-refractivity contribution in [3.63, 3.8) is 0 Å². The molecule has 2 nitrogen and oxygen atoms in total. The molecule has 0 amide bonds. The Morgan fingerprint density at radius 1 is 1.62 bits per heavy atom. The molecule has 0 aromatic heterocycles. The van der Waals surface area contributed by atoms with Crippen molar-refractivity contribution >= 4 is 32.8 Å². The second-order valence-electron chi connectivity index (χ2n) is 2.36. The fourth-order valence-corrected chi connectivity index (χ4v) is 1.73. The third-order valence-corrected chi connectivity index (χ3v) is 2.40. The molecule has 0 unspecified atom stereocenters. The molecule has 1 rings (SSSR count). The molecule has 66 valence electrons. The molecular formula is C9H5BrClNO. The van der Waals surface area contributed by atoms with Crippen molar-refractivity contribution in [2.75, 3.05) is 0 Å². The van der Waals surface area contributed by atoms with Gasteiger partial charge in [-0.2, -0.15) is 5.26 Å². The van der Waals surface area contributed by atoms with Gasteiger partial charge in [0, 0.05) is 5.33 Å². The maximum Gasteiger partial charge on any atom is 0.254 e. The van der Waals surface area contributed by atoms with E-state index in [1.54, 1.807) is 18.2 Å². The fourth-order valence-electron chi connectivity index (χ4n) is 1.04. The molecule has 1 aromatic carbocycles. The zero-order chi connectivity index (χ0) is 9.84. The van der Waals surface area contributed by atoms with Crippen LogP contribution in [0.5, 0.6) is 0 Å². The first kappa shape index (κ1) is 10.2. The Labute approximate surface area is 89.3 Å². The van der Waals surface area contributed by atoms with Gasteiger partial charge in [-0.05, 0) is 23.2 Å². The lowest BCUT2D eigenvalue weighted by Gasteiger charge is -2.03. The number of nitrogens with zero attached hydrogens (tertiary/aromatic N) is 1. The van der Waals surface area contributed by atoms with Crippen LogP contribution in [-0.2, 0) is 5.33 Å². The van der Waals surface area contributed by atoms with E-state index >= 15 is 0 Å². The van der Waals surface area contributed by atoms with Crippen LogP contribution in [0.2, 0.25) is 0 Å². The first-order chi connectivity index (χ1) is 6.20. The summed E-state index contributed by atoms with van der Waals surface area (Å²) in [5, 5.41) is 8.63. The molecule has 13 heavy (non-hydrogen) atoms. The Morgan fingerprint density at radius 2 is 2.31 bits per heavy atom. The van der Waals surface area contributed by atoms with Crippen LogP contribution in [0.25, 0.3) is 0 Å². The van der Waals surface area contributed by atoms with E-state index in [4.69, 9.17) is 16.9 Å². The van der Waals surface area contributed by atoms with Gasteiger partial charge in [-0.25, -0.2) is 0 Å². The van der Waals surface area contributed by atoms with E-state index in [-0.39, 0.29) is 0 Å². The van der Waals surface area contributed by atoms with Crippen molar-refractivity contribution in [2.45, 2.75) is 5.33 Å². The summed E-state index contributed by atoms with van der Waals surface area (Å²) in [4.78, 5) is 11.0. The smallest absolute Gasteiger partial charge is 0.254 e. The molecule has 0 aliphatic carbocycles. The molecule has 0 aliphatic rings. The third-order valence-electron chi connectivity index (χ3n) is 1.61. The SMILES string of the molecule is N#Cc1cccc(CBr)c1C(=O)Cl. The summed E-state index contributed by atoms with van der Waals surface area (Å²) in [6, 6.07) is 6.97. The molecule has 0 aliphatic heterocycles. The van der Waals surface area contributed by atoms with Gasteiger partial charge in [-0.1, -0.05) is 28.1 Å². The molecule has 0 atom stereocenters. The lowest BCUT2D eigenvalue weighted by Crippen LogP contribution is -1.99. The molecule has 0 saturated heterocycles. The quantitative estimate of drug-likeness (QED) is 0.604. The average molecular weight is 259 g/mol. The van der Waals surface area contributed by atoms with Gasteiger partial charge in [-0.3, -0.25) is 4.79 Å². The molecule has 4 heteroatoms. The number of alkyl halides is 1. The van der Waals surface area contributed by atoms with E-state index in [2.05, 4.69) is 15.9 Å². The first-order valence-electron chi connectivity index (χ1n) is 3.48. The van der Waals surface area contributed by atoms with Gasteiger partial charge in [0.25, 0.3) is 5.24 Å². The zero-order valence-corrected chi connectivity index (χ0v) is 8.89. The Bertz CT molecular complexity index is 384. The van der Waals surface area contributed by atoms with Crippen LogP contribution in [0.3, 0.4) is 0 Å². The number of carbonyl (C=O) groups excluding carboxylic acids is 1. The van der Waals surface area contributed by atoms with Crippen LogP contribution in [0.4, 0.5) is 0 Å². The number of hydrogen-bond donors (Lipinski definition) is 0. The number of nitriles is 1. The zero-order valence-electron chi connectivity index (χ0n) is 6.55. The van der Waals surface area contributed by atoms with Crippen molar-refractivity contribution in [1.29, 1.82) is 5.26 Å². The normalized spacial score (nSPS) is 9.31. The number of halogens is 2. The third kappa shape index (κ3) is 2.09. The monoisotopic (exact) mass is 257 g/mol. The van der Waals surface area contributed by atoms with Crippen molar-refractivity contribution in [3.05, 3.63) is 34.9 Å². The highest BCUT2D eigenvalue weighted by Gasteiger charge is 2.12. The molecule has 0 fully saturated rings. The van der Waals surface area contributed by atoms with Crippen LogP contribution in [0, 0.1) is 11.3 Å². The van der Waals surface area contributed by atoms with Gasteiger partial charge in [0.05, 0.1) is 17.2 Å². The van der Waals surface area contributed by atoms with Crippen molar-refractivity contribution in [3.8, 4) is 6.07 Å². The van der Waals surface area contributed by atoms with Gasteiger partial charge in [-0.15, -0.1) is 0 Å². The highest BCUT2D eigenvalue weighted by molar-refractivity contribution is 9.08. The summed E-state index contributed by atoms with van der Waals surface area (Å²) < 4.78 is 0. The van der Waals surface area contributed by atoms with Crippen molar-refractivity contribution in [1.82, 2.24) is 0 Å². The molecule has 0 bridgehead atoms. The summed E-state index contributed by atoms with van der Waals surface area (Å²) in [5.74, 6) is 0. The Hall–Kier alpha value is -0.850. The molecule has 0 N–H and O–H groups in total. The summed E-state index contributed by atoms with van der Waals surface area (Å²) in [6.45, 7) is 0. The van der Waals surface area contributed by atoms with Gasteiger partial charge in [0.1, 0.15) is 0 Å². The minimum atomic E-state index is -0.591. The maximum absolute atomic E-state index is 11.0. The van der Waals surface area contributed by atoms with Gasteiger partial charge in [0.2, 0.25) is 0 Å². The predicted octanol–water partition coefficient (Wildman–Crippen LogP) is 2.83. The molecule has 0 radical (unpaired) electrons. The van der Waals surface area contributed by atoms with Crippen LogP contribution in [-0.4, -0.2) is 5.24 Å². The predicted molar refractivity (Wildman–Crippen MR) is 54.0 cm³/mol. The van der Waals surface area contributed by atoms with Gasteiger partial charge in [0.15, 0.2) is 0 Å². The summed E-state index contributed by atoms with van der Waals surface area (Å²) in [6.07, 6.45) is 0. The number of rotatable bonds is 2. The largest absolute Gasteiger partial charge is 0.276 e. The molecule has 0 heterocycles. The standard InChI is InChI=1S/C9H5BrClNO/c10-4-6-2-1-3-7(5-12)8(6)9(11)13/h1-3H,4H2. The van der Waals surface area contributed by atoms with Crippen molar-refractivity contribution < 1.29 is 4.79 Å². The molecule has 1 aromatic rings. The lowest BCUT2D eigenvalue weighted by molar-refractivity contribution is 0.108. The highest BCUT2D eigenvalue weighted by atomic mass is 79.9. The average Bonchev–Trinajstić information content (AvgIpc) is 2.16. The van der Waals surface area contributed by atoms with Gasteiger partial charge >= 0.3 is 0 Å². The van der Waals surface area contributed by atoms with E-state index in [1.165, 1.54) is 0 Å². The maximum atomic E-state index is 11.0. The van der Waals surface area contributed by atoms with E-state index in [1.807, 2.05) is 6.07 Å². The second kappa shape index (κ2) is 4.40. The van der Waals surface area contributed by atoms with E-state index in [0.717, 1.165) is 5.56 Å². The Balaban J connectivity index is 3.41. The number of benzene rings is 1. The van der Waals surface area contributed by atoms with E-state index < -0.39 is 5.24 Å². The molecule has 0 saturated carbocycles. The Morgan fingerprint density at radius 3 is 2.77 bits per heavy atom. The van der Waals surface area contributed by atoms with Crippen LogP contribution in [0.15, 0.2) is 18.2 Å². The molecule has 0 spiro atoms. The first-order valence-corrected chi connectivity index (χ1v) is 4.98. The summed E-state index contributed by atoms with van der Waals surface area (Å²) >= 11 is 8.58. The minimum absolute atomic E-state index is 0.295. The highest BCUT2D eigenvalue weighted by Crippen LogP contribution is 2.18. The van der Waals surface area contributed by atoms with Crippen LogP contribution < -0.4 is 0 Å². The lowest BCUT2D eigenvalue weighted by atomic mass is 10.0. The number of hydrogen-bond acceptors (Lipinski definition) is 2. The second-order valence-corrected chi connectivity index (χ2v) is 3.26. The fraction of sp³-hybridized carbons (Fsp3) is 0.111. The van der Waals surface area contributed by atoms with Crippen molar-refractivity contribution in [2.24, 2.45) is 0 Å². The van der Waals surface area contributed by atoms with Gasteiger partial charge < -0.3 is 0 Å². The summed E-state index contributed by atoms with van der Waals surface area (Å²) in [5.41, 5.74) is 1.35. The molecular weight excluding hydrogens is 253 g/mol. The number of carbonyl (C=O) groups is 1. The Kier molecular flexibility index (Phi) is 3.47. The van der Waals surface area contributed by atoms with E-state index in [0.29, 0.717) is 16.5 Å². The van der Waals surface area contributed by atoms with Crippen LogP contribution >= 0.6 is 27.5 Å². The summed E-state index contributed by atoms with van der Waals surface area (Å²) in [7, 11) is 0. The topological polar surface area (TPSA) is 40.9 Å². The van der Waals surface area contributed by atoms with Crippen LogP contribution in [0.1, 0.15) is 21.5 Å².